The molecule has 0 radical (unpaired) electrons. The summed E-state index contributed by atoms with van der Waals surface area (Å²) in [5.41, 5.74) is 4.16. The molecule has 160 valence electrons. The zero-order valence-electron chi connectivity index (χ0n) is 18.3. The third kappa shape index (κ3) is 4.41. The molecular weight excluding hydrogens is 378 g/mol. The quantitative estimate of drug-likeness (QED) is 0.839. The highest BCUT2D eigenvalue weighted by atomic mass is 16.5. The van der Waals surface area contributed by atoms with E-state index in [1.807, 2.05) is 30.0 Å². The van der Waals surface area contributed by atoms with Crippen LogP contribution in [0.3, 0.4) is 0 Å². The molecule has 0 bridgehead atoms. The average molecular weight is 410 g/mol. The lowest BCUT2D eigenvalue weighted by Gasteiger charge is -2.38. The normalized spacial score (nSPS) is 21.3. The number of benzene rings is 1. The number of nitrogens with zero attached hydrogens (tertiary/aromatic N) is 4. The van der Waals surface area contributed by atoms with Gasteiger partial charge in [0.05, 0.1) is 24.4 Å². The molecule has 4 rings (SSSR count). The fourth-order valence-corrected chi connectivity index (χ4v) is 4.37. The largest absolute Gasteiger partial charge is 0.372 e. The molecule has 0 aliphatic carbocycles. The van der Waals surface area contributed by atoms with E-state index in [1.54, 1.807) is 0 Å². The van der Waals surface area contributed by atoms with Gasteiger partial charge in [-0.05, 0) is 44.9 Å². The summed E-state index contributed by atoms with van der Waals surface area (Å²) < 4.78 is 5.90. The van der Waals surface area contributed by atoms with Crippen LogP contribution in [0.2, 0.25) is 0 Å². The lowest BCUT2D eigenvalue weighted by Crippen LogP contribution is -2.47. The Bertz CT molecular complexity index is 922. The van der Waals surface area contributed by atoms with Crippen molar-refractivity contribution in [1.82, 2.24) is 14.9 Å². The summed E-state index contributed by atoms with van der Waals surface area (Å²) in [4.78, 5) is 26.6. The van der Waals surface area contributed by atoms with E-state index < -0.39 is 0 Å². The van der Waals surface area contributed by atoms with Gasteiger partial charge >= 0.3 is 6.03 Å². The van der Waals surface area contributed by atoms with E-state index in [1.165, 1.54) is 5.56 Å². The Hall–Kier alpha value is -2.67. The van der Waals surface area contributed by atoms with Gasteiger partial charge in [0.1, 0.15) is 11.6 Å². The summed E-state index contributed by atoms with van der Waals surface area (Å²) >= 11 is 0. The molecule has 0 saturated carbocycles. The molecule has 2 aliphatic rings. The Morgan fingerprint density at radius 3 is 2.73 bits per heavy atom. The third-order valence-corrected chi connectivity index (χ3v) is 5.74. The third-order valence-electron chi connectivity index (χ3n) is 5.74. The van der Waals surface area contributed by atoms with Gasteiger partial charge in [0.2, 0.25) is 0 Å². The standard InChI is InChI=1S/C23H31N5O2/c1-5-18-7-6-8-19(11-18)26-23(29)27-10-9-21-20(14-27)22(25-17(4)24-21)28-12-15(2)30-16(3)13-28/h6-8,11,15-16H,5,9-10,12-14H2,1-4H3,(H,26,29)/t15-,16+. The molecule has 2 atom stereocenters. The molecule has 1 N–H and O–H groups in total. The SMILES string of the molecule is CCc1cccc(NC(=O)N2CCc3nc(C)nc(N4C[C@@H](C)O[C@@H](C)C4)c3C2)c1. The van der Waals surface area contributed by atoms with Gasteiger partial charge < -0.3 is 19.9 Å². The molecule has 7 nitrogen and oxygen atoms in total. The van der Waals surface area contributed by atoms with E-state index >= 15 is 0 Å². The number of nitrogens with one attached hydrogen (secondary N) is 1. The van der Waals surface area contributed by atoms with Gasteiger partial charge in [-0.1, -0.05) is 19.1 Å². The lowest BCUT2D eigenvalue weighted by atomic mass is 10.0. The van der Waals surface area contributed by atoms with E-state index in [-0.39, 0.29) is 18.2 Å². The molecular formula is C23H31N5O2. The van der Waals surface area contributed by atoms with Crippen LogP contribution >= 0.6 is 0 Å². The summed E-state index contributed by atoms with van der Waals surface area (Å²) in [5, 5.41) is 3.05. The predicted octanol–water partition coefficient (Wildman–Crippen LogP) is 3.55. The van der Waals surface area contributed by atoms with Crippen LogP contribution < -0.4 is 10.2 Å². The Morgan fingerprint density at radius 2 is 2.00 bits per heavy atom. The molecule has 1 aromatic heterocycles. The number of ether oxygens (including phenoxy) is 1. The van der Waals surface area contributed by atoms with E-state index in [0.29, 0.717) is 13.1 Å². The predicted molar refractivity (Wildman–Crippen MR) is 118 cm³/mol. The Labute approximate surface area is 178 Å². The maximum absolute atomic E-state index is 13.0. The minimum absolute atomic E-state index is 0.0795. The van der Waals surface area contributed by atoms with Gasteiger partial charge in [0, 0.05) is 37.3 Å². The van der Waals surface area contributed by atoms with Crippen LogP contribution in [0.15, 0.2) is 24.3 Å². The number of anilines is 2. The number of rotatable bonds is 3. The number of aromatic nitrogens is 2. The second-order valence-electron chi connectivity index (χ2n) is 8.34. The number of amides is 2. The van der Waals surface area contributed by atoms with Gasteiger partial charge in [0.15, 0.2) is 0 Å². The number of hydrogen-bond acceptors (Lipinski definition) is 5. The number of carbonyl (C=O) groups excluding carboxylic acids is 1. The van der Waals surface area contributed by atoms with Crippen molar-refractivity contribution in [3.05, 3.63) is 46.9 Å². The van der Waals surface area contributed by atoms with Gasteiger partial charge in [-0.15, -0.1) is 0 Å². The molecule has 0 spiro atoms. The summed E-state index contributed by atoms with van der Waals surface area (Å²) in [6.45, 7) is 11.0. The number of aryl methyl sites for hydroxylation is 2. The van der Waals surface area contributed by atoms with Gasteiger partial charge in [-0.3, -0.25) is 0 Å². The molecule has 1 saturated heterocycles. The number of urea groups is 1. The molecule has 30 heavy (non-hydrogen) atoms. The van der Waals surface area contributed by atoms with E-state index in [0.717, 1.165) is 54.5 Å². The van der Waals surface area contributed by atoms with Crippen molar-refractivity contribution in [2.45, 2.75) is 59.3 Å². The van der Waals surface area contributed by atoms with Crippen LogP contribution in [-0.2, 0) is 24.1 Å². The first kappa shape index (κ1) is 20.6. The number of fused-ring (bicyclic) bond motifs is 1. The van der Waals surface area contributed by atoms with Crippen LogP contribution in [0.5, 0.6) is 0 Å². The first-order chi connectivity index (χ1) is 14.4. The summed E-state index contributed by atoms with van der Waals surface area (Å²) in [5.74, 6) is 1.73. The van der Waals surface area contributed by atoms with Crippen molar-refractivity contribution in [2.24, 2.45) is 0 Å². The molecule has 3 heterocycles. The van der Waals surface area contributed by atoms with E-state index in [2.05, 4.69) is 42.0 Å². The second-order valence-corrected chi connectivity index (χ2v) is 8.34. The number of morpholine rings is 1. The van der Waals surface area contributed by atoms with Crippen molar-refractivity contribution in [1.29, 1.82) is 0 Å². The molecule has 2 amide bonds. The molecule has 1 fully saturated rings. The van der Waals surface area contributed by atoms with Gasteiger partial charge in [0.25, 0.3) is 0 Å². The highest BCUT2D eigenvalue weighted by molar-refractivity contribution is 5.89. The molecule has 1 aromatic carbocycles. The zero-order valence-corrected chi connectivity index (χ0v) is 18.3. The van der Waals surface area contributed by atoms with E-state index in [9.17, 15) is 4.79 Å². The highest BCUT2D eigenvalue weighted by Crippen LogP contribution is 2.29. The minimum Gasteiger partial charge on any atom is -0.372 e. The van der Waals surface area contributed by atoms with Crippen molar-refractivity contribution in [3.63, 3.8) is 0 Å². The smallest absolute Gasteiger partial charge is 0.322 e. The second kappa shape index (κ2) is 8.60. The fourth-order valence-electron chi connectivity index (χ4n) is 4.37. The maximum Gasteiger partial charge on any atom is 0.322 e. The Balaban J connectivity index is 1.55. The van der Waals surface area contributed by atoms with Gasteiger partial charge in [-0.25, -0.2) is 14.8 Å². The number of hydrogen-bond donors (Lipinski definition) is 1. The topological polar surface area (TPSA) is 70.6 Å². The van der Waals surface area contributed by atoms with Crippen molar-refractivity contribution in [3.8, 4) is 0 Å². The maximum atomic E-state index is 13.0. The average Bonchev–Trinajstić information content (AvgIpc) is 2.72. The van der Waals surface area contributed by atoms with Crippen LogP contribution in [0.4, 0.5) is 16.3 Å². The molecule has 0 unspecified atom stereocenters. The zero-order chi connectivity index (χ0) is 21.3. The molecule has 2 aliphatic heterocycles. The van der Waals surface area contributed by atoms with Crippen LogP contribution in [0.1, 0.15) is 43.4 Å². The Kier molecular flexibility index (Phi) is 5.90. The van der Waals surface area contributed by atoms with Crippen molar-refractivity contribution in [2.75, 3.05) is 29.9 Å². The lowest BCUT2D eigenvalue weighted by molar-refractivity contribution is -0.00557. The molecule has 7 heteroatoms. The van der Waals surface area contributed by atoms with Crippen LogP contribution in [-0.4, -0.2) is 52.7 Å². The summed E-state index contributed by atoms with van der Waals surface area (Å²) in [7, 11) is 0. The summed E-state index contributed by atoms with van der Waals surface area (Å²) in [6, 6.07) is 7.94. The Morgan fingerprint density at radius 1 is 1.23 bits per heavy atom. The van der Waals surface area contributed by atoms with Gasteiger partial charge in [-0.2, -0.15) is 0 Å². The van der Waals surface area contributed by atoms with Crippen LogP contribution in [0, 0.1) is 6.92 Å². The monoisotopic (exact) mass is 409 g/mol. The first-order valence-electron chi connectivity index (χ1n) is 10.8. The molecule has 2 aromatic rings. The number of carbonyl (C=O) groups is 1. The van der Waals surface area contributed by atoms with Crippen LogP contribution in [0.25, 0.3) is 0 Å². The first-order valence-corrected chi connectivity index (χ1v) is 10.8. The van der Waals surface area contributed by atoms with E-state index in [4.69, 9.17) is 9.72 Å². The minimum atomic E-state index is -0.0795. The van der Waals surface area contributed by atoms with Crippen molar-refractivity contribution < 1.29 is 9.53 Å². The summed E-state index contributed by atoms with van der Waals surface area (Å²) in [6.07, 6.45) is 1.97. The fraction of sp³-hybridized carbons (Fsp3) is 0.522. The highest BCUT2D eigenvalue weighted by Gasteiger charge is 2.30. The van der Waals surface area contributed by atoms with Crippen molar-refractivity contribution >= 4 is 17.5 Å².